The summed E-state index contributed by atoms with van der Waals surface area (Å²) in [5.74, 6) is 0.766. The Hall–Kier alpha value is -2.47. The Kier molecular flexibility index (Phi) is 5.75. The number of nitrogens with one attached hydrogen (secondary N) is 1. The second-order valence-electron chi connectivity index (χ2n) is 7.99. The fourth-order valence-electron chi connectivity index (χ4n) is 3.02. The number of aryl methyl sites for hydroxylation is 1. The van der Waals surface area contributed by atoms with E-state index in [9.17, 15) is 4.79 Å². The second kappa shape index (κ2) is 8.05. The standard InChI is InChI=1S/C21H28N4O2/c1-15-5-7-16(8-6-15)19-23-13-17-9-11-25(14-18(17)24-19)12-10-22-20(26)27-21(2,3)4/h5-8,13H,9-12,14H2,1-4H3,(H,22,26). The molecule has 1 aliphatic heterocycles. The fraction of sp³-hybridized carbons (Fsp3) is 0.476. The van der Waals surface area contributed by atoms with Gasteiger partial charge in [-0.1, -0.05) is 29.8 Å². The molecule has 0 bridgehead atoms. The number of hydrogen-bond donors (Lipinski definition) is 1. The van der Waals surface area contributed by atoms with Crippen LogP contribution in [0.3, 0.4) is 0 Å². The van der Waals surface area contributed by atoms with Crippen LogP contribution in [0.1, 0.15) is 37.6 Å². The van der Waals surface area contributed by atoms with Gasteiger partial charge in [0.25, 0.3) is 0 Å². The van der Waals surface area contributed by atoms with E-state index in [1.807, 2.05) is 27.0 Å². The third kappa shape index (κ3) is 5.50. The van der Waals surface area contributed by atoms with Crippen LogP contribution >= 0.6 is 0 Å². The van der Waals surface area contributed by atoms with Crippen molar-refractivity contribution in [1.82, 2.24) is 20.2 Å². The Bertz CT molecular complexity index is 797. The number of carbonyl (C=O) groups is 1. The summed E-state index contributed by atoms with van der Waals surface area (Å²) in [5.41, 5.74) is 4.07. The van der Waals surface area contributed by atoms with Crippen molar-refractivity contribution in [3.05, 3.63) is 47.3 Å². The fourth-order valence-corrected chi connectivity index (χ4v) is 3.02. The molecule has 1 aliphatic rings. The molecule has 27 heavy (non-hydrogen) atoms. The van der Waals surface area contributed by atoms with Crippen LogP contribution in [-0.4, -0.2) is 46.2 Å². The Balaban J connectivity index is 1.58. The van der Waals surface area contributed by atoms with Crippen LogP contribution < -0.4 is 5.32 Å². The van der Waals surface area contributed by atoms with E-state index in [0.717, 1.165) is 43.1 Å². The minimum Gasteiger partial charge on any atom is -0.444 e. The average molecular weight is 368 g/mol. The van der Waals surface area contributed by atoms with Gasteiger partial charge in [-0.15, -0.1) is 0 Å². The van der Waals surface area contributed by atoms with Gasteiger partial charge in [0.2, 0.25) is 0 Å². The Morgan fingerprint density at radius 1 is 1.26 bits per heavy atom. The maximum absolute atomic E-state index is 11.8. The highest BCUT2D eigenvalue weighted by molar-refractivity contribution is 5.67. The van der Waals surface area contributed by atoms with Crippen molar-refractivity contribution < 1.29 is 9.53 Å². The zero-order chi connectivity index (χ0) is 19.4. The highest BCUT2D eigenvalue weighted by Gasteiger charge is 2.20. The van der Waals surface area contributed by atoms with Gasteiger partial charge in [-0.05, 0) is 39.7 Å². The van der Waals surface area contributed by atoms with Crippen LogP contribution in [0, 0.1) is 6.92 Å². The van der Waals surface area contributed by atoms with E-state index >= 15 is 0 Å². The normalized spacial score (nSPS) is 14.5. The molecule has 1 N–H and O–H groups in total. The van der Waals surface area contributed by atoms with Crippen LogP contribution in [0.5, 0.6) is 0 Å². The van der Waals surface area contributed by atoms with Crippen molar-refractivity contribution in [3.63, 3.8) is 0 Å². The minimum absolute atomic E-state index is 0.371. The van der Waals surface area contributed by atoms with Gasteiger partial charge in [0, 0.05) is 37.9 Å². The van der Waals surface area contributed by atoms with E-state index < -0.39 is 5.60 Å². The number of aromatic nitrogens is 2. The largest absolute Gasteiger partial charge is 0.444 e. The predicted octanol–water partition coefficient (Wildman–Crippen LogP) is 3.33. The number of ether oxygens (including phenoxy) is 1. The third-order valence-electron chi connectivity index (χ3n) is 4.43. The summed E-state index contributed by atoms with van der Waals surface area (Å²) in [5, 5.41) is 2.82. The zero-order valence-electron chi connectivity index (χ0n) is 16.6. The minimum atomic E-state index is -0.475. The molecule has 0 saturated heterocycles. The highest BCUT2D eigenvalue weighted by atomic mass is 16.6. The maximum Gasteiger partial charge on any atom is 0.407 e. The molecule has 0 spiro atoms. The summed E-state index contributed by atoms with van der Waals surface area (Å²) in [6.07, 6.45) is 2.51. The van der Waals surface area contributed by atoms with Gasteiger partial charge in [-0.2, -0.15) is 0 Å². The van der Waals surface area contributed by atoms with E-state index in [0.29, 0.717) is 6.54 Å². The lowest BCUT2D eigenvalue weighted by Crippen LogP contribution is -2.40. The van der Waals surface area contributed by atoms with Gasteiger partial charge in [-0.3, -0.25) is 4.90 Å². The van der Waals surface area contributed by atoms with E-state index in [4.69, 9.17) is 9.72 Å². The van der Waals surface area contributed by atoms with Crippen molar-refractivity contribution in [2.75, 3.05) is 19.6 Å². The molecule has 0 atom stereocenters. The van der Waals surface area contributed by atoms with Crippen molar-refractivity contribution in [3.8, 4) is 11.4 Å². The Labute approximate surface area is 161 Å². The topological polar surface area (TPSA) is 67.4 Å². The van der Waals surface area contributed by atoms with Gasteiger partial charge in [0.05, 0.1) is 5.69 Å². The first kappa shape index (κ1) is 19.3. The average Bonchev–Trinajstić information content (AvgIpc) is 2.60. The molecule has 0 fully saturated rings. The predicted molar refractivity (Wildman–Crippen MR) is 105 cm³/mol. The molecule has 6 nitrogen and oxygen atoms in total. The third-order valence-corrected chi connectivity index (χ3v) is 4.43. The molecule has 6 heteroatoms. The van der Waals surface area contributed by atoms with Gasteiger partial charge in [-0.25, -0.2) is 14.8 Å². The molecule has 0 radical (unpaired) electrons. The van der Waals surface area contributed by atoms with Crippen molar-refractivity contribution in [1.29, 1.82) is 0 Å². The number of carbonyl (C=O) groups excluding carboxylic acids is 1. The molecule has 0 aliphatic carbocycles. The molecule has 144 valence electrons. The Morgan fingerprint density at radius 3 is 2.70 bits per heavy atom. The van der Waals surface area contributed by atoms with E-state index in [-0.39, 0.29) is 6.09 Å². The van der Waals surface area contributed by atoms with E-state index in [1.165, 1.54) is 11.1 Å². The van der Waals surface area contributed by atoms with Crippen LogP contribution in [0.15, 0.2) is 30.5 Å². The maximum atomic E-state index is 11.8. The van der Waals surface area contributed by atoms with Gasteiger partial charge < -0.3 is 10.1 Å². The van der Waals surface area contributed by atoms with Crippen molar-refractivity contribution in [2.24, 2.45) is 0 Å². The van der Waals surface area contributed by atoms with Crippen LogP contribution in [0.4, 0.5) is 4.79 Å². The summed E-state index contributed by atoms with van der Waals surface area (Å²) in [4.78, 5) is 23.4. The smallest absolute Gasteiger partial charge is 0.407 e. The lowest BCUT2D eigenvalue weighted by molar-refractivity contribution is 0.0521. The first-order valence-corrected chi connectivity index (χ1v) is 9.41. The van der Waals surface area contributed by atoms with E-state index in [1.54, 1.807) is 0 Å². The van der Waals surface area contributed by atoms with E-state index in [2.05, 4.69) is 46.4 Å². The summed E-state index contributed by atoms with van der Waals surface area (Å²) < 4.78 is 5.27. The number of rotatable bonds is 4. The number of nitrogens with zero attached hydrogens (tertiary/aromatic N) is 3. The van der Waals surface area contributed by atoms with Crippen molar-refractivity contribution in [2.45, 2.75) is 46.3 Å². The molecule has 3 rings (SSSR count). The molecule has 0 unspecified atom stereocenters. The van der Waals surface area contributed by atoms with Gasteiger partial charge in [0.1, 0.15) is 5.60 Å². The molecule has 2 aromatic rings. The SMILES string of the molecule is Cc1ccc(-c2ncc3c(n2)CN(CCNC(=O)OC(C)(C)C)CC3)cc1. The number of fused-ring (bicyclic) bond motifs is 1. The van der Waals surface area contributed by atoms with Gasteiger partial charge >= 0.3 is 6.09 Å². The van der Waals surface area contributed by atoms with Crippen LogP contribution in [0.25, 0.3) is 11.4 Å². The first-order valence-electron chi connectivity index (χ1n) is 9.41. The van der Waals surface area contributed by atoms with Crippen molar-refractivity contribution >= 4 is 6.09 Å². The Morgan fingerprint density at radius 2 is 2.00 bits per heavy atom. The number of hydrogen-bond acceptors (Lipinski definition) is 5. The van der Waals surface area contributed by atoms with Crippen LogP contribution in [0.2, 0.25) is 0 Å². The summed E-state index contributed by atoms with van der Waals surface area (Å²) >= 11 is 0. The highest BCUT2D eigenvalue weighted by Crippen LogP contribution is 2.21. The quantitative estimate of drug-likeness (QED) is 0.896. The molecular formula is C21H28N4O2. The lowest BCUT2D eigenvalue weighted by Gasteiger charge is -2.28. The lowest BCUT2D eigenvalue weighted by atomic mass is 10.1. The molecule has 0 saturated carbocycles. The summed E-state index contributed by atoms with van der Waals surface area (Å²) in [6, 6.07) is 8.27. The van der Waals surface area contributed by atoms with Gasteiger partial charge in [0.15, 0.2) is 5.82 Å². The molecule has 1 amide bonds. The molecule has 1 aromatic carbocycles. The monoisotopic (exact) mass is 368 g/mol. The number of amides is 1. The summed E-state index contributed by atoms with van der Waals surface area (Å²) in [6.45, 7) is 10.7. The first-order chi connectivity index (χ1) is 12.8. The second-order valence-corrected chi connectivity index (χ2v) is 7.99. The molecule has 2 heterocycles. The van der Waals surface area contributed by atoms with Crippen LogP contribution in [-0.2, 0) is 17.7 Å². The molecular weight excluding hydrogens is 340 g/mol. The molecule has 1 aromatic heterocycles. The zero-order valence-corrected chi connectivity index (χ0v) is 16.6. The summed E-state index contributed by atoms with van der Waals surface area (Å²) in [7, 11) is 0. The number of benzene rings is 1. The number of alkyl carbamates (subject to hydrolysis) is 1.